The van der Waals surface area contributed by atoms with Crippen molar-refractivity contribution in [3.05, 3.63) is 41.2 Å². The van der Waals surface area contributed by atoms with Gasteiger partial charge in [0.25, 0.3) is 0 Å². The summed E-state index contributed by atoms with van der Waals surface area (Å²) in [6.07, 6.45) is 0. The molecule has 84 valence electrons. The summed E-state index contributed by atoms with van der Waals surface area (Å²) in [5.74, 6) is 0. The van der Waals surface area contributed by atoms with E-state index in [1.54, 1.807) is 0 Å². The number of hydrogen-bond acceptors (Lipinski definition) is 1. The summed E-state index contributed by atoms with van der Waals surface area (Å²) in [5.41, 5.74) is 3.81. The van der Waals surface area contributed by atoms with Crippen LogP contribution in [0.4, 0.5) is 0 Å². The first-order chi connectivity index (χ1) is 7.39. The normalized spacial score (nSPS) is 12.1. The lowest BCUT2D eigenvalue weighted by atomic mass is 9.83. The second-order valence-electron chi connectivity index (χ2n) is 5.50. The zero-order chi connectivity index (χ0) is 11.9. The van der Waals surface area contributed by atoms with Crippen molar-refractivity contribution in [2.24, 2.45) is 0 Å². The van der Waals surface area contributed by atoms with Crippen molar-refractivity contribution in [2.45, 2.75) is 40.0 Å². The number of aromatic nitrogens is 1. The standard InChI is InChI=1S/C15H19N/c1-10-9-13-12(11(2)16-10)7-6-8-14(13)15(3,4)5/h6-9H,1-5H3. The molecular weight excluding hydrogens is 194 g/mol. The number of benzene rings is 1. The Hall–Kier alpha value is -1.37. The maximum atomic E-state index is 4.52. The van der Waals surface area contributed by atoms with E-state index >= 15 is 0 Å². The van der Waals surface area contributed by atoms with Crippen molar-refractivity contribution in [3.63, 3.8) is 0 Å². The molecule has 0 aliphatic carbocycles. The average Bonchev–Trinajstić information content (AvgIpc) is 2.15. The van der Waals surface area contributed by atoms with Crippen LogP contribution in [0, 0.1) is 13.8 Å². The highest BCUT2D eigenvalue weighted by Gasteiger charge is 2.17. The third-order valence-corrected chi connectivity index (χ3v) is 3.00. The summed E-state index contributed by atoms with van der Waals surface area (Å²) in [6.45, 7) is 10.9. The van der Waals surface area contributed by atoms with Gasteiger partial charge in [0.2, 0.25) is 0 Å². The zero-order valence-electron chi connectivity index (χ0n) is 10.8. The Morgan fingerprint density at radius 3 is 2.31 bits per heavy atom. The number of nitrogens with zero attached hydrogens (tertiary/aromatic N) is 1. The van der Waals surface area contributed by atoms with Crippen molar-refractivity contribution < 1.29 is 0 Å². The Bertz CT molecular complexity index is 533. The van der Waals surface area contributed by atoms with Gasteiger partial charge in [-0.15, -0.1) is 0 Å². The summed E-state index contributed by atoms with van der Waals surface area (Å²) < 4.78 is 0. The first-order valence-corrected chi connectivity index (χ1v) is 5.77. The SMILES string of the molecule is Cc1cc2c(C(C)(C)C)cccc2c(C)n1. The highest BCUT2D eigenvalue weighted by Crippen LogP contribution is 2.31. The van der Waals surface area contributed by atoms with Crippen LogP contribution in [0.15, 0.2) is 24.3 Å². The highest BCUT2D eigenvalue weighted by atomic mass is 14.7. The molecule has 1 heterocycles. The van der Waals surface area contributed by atoms with Gasteiger partial charge in [0.15, 0.2) is 0 Å². The molecule has 0 fully saturated rings. The van der Waals surface area contributed by atoms with E-state index in [0.29, 0.717) is 0 Å². The van der Waals surface area contributed by atoms with Crippen molar-refractivity contribution in [1.29, 1.82) is 0 Å². The largest absolute Gasteiger partial charge is 0.258 e. The van der Waals surface area contributed by atoms with Crippen LogP contribution in [0.2, 0.25) is 0 Å². The van der Waals surface area contributed by atoms with Gasteiger partial charge in [-0.1, -0.05) is 39.0 Å². The minimum Gasteiger partial charge on any atom is -0.258 e. The summed E-state index contributed by atoms with van der Waals surface area (Å²) in [6, 6.07) is 8.71. The van der Waals surface area contributed by atoms with Crippen molar-refractivity contribution in [2.75, 3.05) is 0 Å². The summed E-state index contributed by atoms with van der Waals surface area (Å²) >= 11 is 0. The van der Waals surface area contributed by atoms with Crippen LogP contribution in [0.5, 0.6) is 0 Å². The van der Waals surface area contributed by atoms with Crippen molar-refractivity contribution in [1.82, 2.24) is 4.98 Å². The Morgan fingerprint density at radius 2 is 1.69 bits per heavy atom. The predicted molar refractivity (Wildman–Crippen MR) is 69.9 cm³/mol. The zero-order valence-corrected chi connectivity index (χ0v) is 10.8. The van der Waals surface area contributed by atoms with E-state index in [4.69, 9.17) is 0 Å². The lowest BCUT2D eigenvalue weighted by molar-refractivity contribution is 0.596. The van der Waals surface area contributed by atoms with Gasteiger partial charge in [0.1, 0.15) is 0 Å². The van der Waals surface area contributed by atoms with Gasteiger partial charge in [0, 0.05) is 16.8 Å². The van der Waals surface area contributed by atoms with E-state index in [1.807, 2.05) is 0 Å². The van der Waals surface area contributed by atoms with Crippen molar-refractivity contribution in [3.8, 4) is 0 Å². The highest BCUT2D eigenvalue weighted by molar-refractivity contribution is 5.88. The fraction of sp³-hybridized carbons (Fsp3) is 0.400. The monoisotopic (exact) mass is 213 g/mol. The molecular formula is C15H19N. The molecule has 2 rings (SSSR count). The van der Waals surface area contributed by atoms with Gasteiger partial charge in [-0.25, -0.2) is 0 Å². The van der Waals surface area contributed by atoms with E-state index in [-0.39, 0.29) is 5.41 Å². The number of aryl methyl sites for hydroxylation is 2. The number of fused-ring (bicyclic) bond motifs is 1. The van der Waals surface area contributed by atoms with Crippen LogP contribution in [-0.2, 0) is 5.41 Å². The molecule has 0 aliphatic rings. The molecule has 2 aromatic rings. The predicted octanol–water partition coefficient (Wildman–Crippen LogP) is 4.15. The molecule has 0 amide bonds. The van der Waals surface area contributed by atoms with Crippen LogP contribution < -0.4 is 0 Å². The molecule has 1 aromatic heterocycles. The fourth-order valence-electron chi connectivity index (χ4n) is 2.26. The Morgan fingerprint density at radius 1 is 1.00 bits per heavy atom. The van der Waals surface area contributed by atoms with Crippen LogP contribution in [-0.4, -0.2) is 4.98 Å². The van der Waals surface area contributed by atoms with E-state index in [9.17, 15) is 0 Å². The summed E-state index contributed by atoms with van der Waals surface area (Å²) in [7, 11) is 0. The van der Waals surface area contributed by atoms with Crippen LogP contribution >= 0.6 is 0 Å². The molecule has 0 unspecified atom stereocenters. The Balaban J connectivity index is 2.87. The molecule has 0 saturated carbocycles. The molecule has 0 aliphatic heterocycles. The number of rotatable bonds is 0. The molecule has 0 radical (unpaired) electrons. The average molecular weight is 213 g/mol. The third-order valence-electron chi connectivity index (χ3n) is 3.00. The number of hydrogen-bond donors (Lipinski definition) is 0. The van der Waals surface area contributed by atoms with Gasteiger partial charge in [-0.05, 0) is 36.3 Å². The first-order valence-electron chi connectivity index (χ1n) is 5.77. The quantitative estimate of drug-likeness (QED) is 0.640. The second-order valence-corrected chi connectivity index (χ2v) is 5.50. The maximum Gasteiger partial charge on any atom is 0.0454 e. The van der Waals surface area contributed by atoms with Crippen LogP contribution in [0.3, 0.4) is 0 Å². The second kappa shape index (κ2) is 3.58. The maximum absolute atomic E-state index is 4.52. The molecule has 0 spiro atoms. The lowest BCUT2D eigenvalue weighted by Crippen LogP contribution is -2.11. The Labute approximate surface area is 97.5 Å². The summed E-state index contributed by atoms with van der Waals surface area (Å²) in [5, 5.41) is 2.62. The fourth-order valence-corrected chi connectivity index (χ4v) is 2.26. The molecule has 1 heteroatoms. The molecule has 0 N–H and O–H groups in total. The molecule has 16 heavy (non-hydrogen) atoms. The smallest absolute Gasteiger partial charge is 0.0454 e. The van der Waals surface area contributed by atoms with Gasteiger partial charge < -0.3 is 0 Å². The van der Waals surface area contributed by atoms with Crippen LogP contribution in [0.25, 0.3) is 10.8 Å². The van der Waals surface area contributed by atoms with E-state index in [0.717, 1.165) is 11.4 Å². The topological polar surface area (TPSA) is 12.9 Å². The van der Waals surface area contributed by atoms with Crippen LogP contribution in [0.1, 0.15) is 37.7 Å². The van der Waals surface area contributed by atoms with Gasteiger partial charge in [-0.2, -0.15) is 0 Å². The van der Waals surface area contributed by atoms with Gasteiger partial charge >= 0.3 is 0 Å². The van der Waals surface area contributed by atoms with E-state index in [2.05, 4.69) is 63.9 Å². The number of pyridine rings is 1. The minimum atomic E-state index is 0.180. The minimum absolute atomic E-state index is 0.180. The lowest BCUT2D eigenvalue weighted by Gasteiger charge is -2.22. The van der Waals surface area contributed by atoms with Gasteiger partial charge in [-0.3, -0.25) is 4.98 Å². The molecule has 0 atom stereocenters. The van der Waals surface area contributed by atoms with Gasteiger partial charge in [0.05, 0.1) is 0 Å². The summed E-state index contributed by atoms with van der Waals surface area (Å²) in [4.78, 5) is 4.52. The molecule has 1 aromatic carbocycles. The Kier molecular flexibility index (Phi) is 2.49. The van der Waals surface area contributed by atoms with Crippen molar-refractivity contribution >= 4 is 10.8 Å². The van der Waals surface area contributed by atoms with E-state index < -0.39 is 0 Å². The molecule has 0 saturated heterocycles. The third kappa shape index (κ3) is 1.82. The first kappa shape index (κ1) is 11.1. The molecule has 0 bridgehead atoms. The molecule has 1 nitrogen and oxygen atoms in total. The van der Waals surface area contributed by atoms with E-state index in [1.165, 1.54) is 16.3 Å².